The smallest absolute Gasteiger partial charge is 0.160 e. The summed E-state index contributed by atoms with van der Waals surface area (Å²) in [6.45, 7) is 2.10. The molecule has 3 aromatic rings. The van der Waals surface area contributed by atoms with Crippen LogP contribution in [0.2, 0.25) is 0 Å². The van der Waals surface area contributed by atoms with Crippen LogP contribution in [0.25, 0.3) is 22.4 Å². The van der Waals surface area contributed by atoms with Crippen molar-refractivity contribution < 1.29 is 19.0 Å². The van der Waals surface area contributed by atoms with Crippen LogP contribution in [0, 0.1) is 23.1 Å². The number of aromatic nitrogens is 1. The van der Waals surface area contributed by atoms with Crippen LogP contribution < -0.4 is 20.1 Å². The maximum atomic E-state index is 14.8. The second-order valence-corrected chi connectivity index (χ2v) is 9.83. The van der Waals surface area contributed by atoms with E-state index in [9.17, 15) is 14.8 Å². The number of nitriles is 1. The van der Waals surface area contributed by atoms with Gasteiger partial charge in [0.25, 0.3) is 0 Å². The average Bonchev–Trinajstić information content (AvgIpc) is 2.87. The van der Waals surface area contributed by atoms with Crippen LogP contribution in [0.4, 0.5) is 10.2 Å². The van der Waals surface area contributed by atoms with Crippen LogP contribution >= 0.6 is 12.4 Å². The molecule has 1 aliphatic heterocycles. The van der Waals surface area contributed by atoms with Crippen molar-refractivity contribution in [2.75, 3.05) is 31.7 Å². The number of piperidine rings is 1. The summed E-state index contributed by atoms with van der Waals surface area (Å²) in [5, 5.41) is 19.8. The van der Waals surface area contributed by atoms with Gasteiger partial charge in [0.05, 0.1) is 30.5 Å². The van der Waals surface area contributed by atoms with E-state index in [1.807, 2.05) is 18.2 Å². The Balaban J connectivity index is 0.00000336. The molecule has 38 heavy (non-hydrogen) atoms. The van der Waals surface area contributed by atoms with E-state index in [-0.39, 0.29) is 29.8 Å². The Hall–Kier alpha value is -3.54. The molecule has 0 spiro atoms. The highest BCUT2D eigenvalue weighted by Crippen LogP contribution is 2.44. The highest BCUT2D eigenvalue weighted by atomic mass is 35.5. The molecule has 2 heterocycles. The maximum absolute atomic E-state index is 14.8. The second-order valence-electron chi connectivity index (χ2n) is 9.83. The van der Waals surface area contributed by atoms with E-state index >= 15 is 0 Å². The van der Waals surface area contributed by atoms with Gasteiger partial charge in [0.15, 0.2) is 11.5 Å². The number of pyridine rings is 1. The highest BCUT2D eigenvalue weighted by Gasteiger charge is 2.25. The molecular formula is C29H32ClFN4O3. The number of rotatable bonds is 7. The third-order valence-electron chi connectivity index (χ3n) is 7.36. The summed E-state index contributed by atoms with van der Waals surface area (Å²) in [5.74, 6) is 1.57. The zero-order valence-corrected chi connectivity index (χ0v) is 22.1. The molecule has 200 valence electrons. The van der Waals surface area contributed by atoms with E-state index in [2.05, 4.69) is 4.90 Å². The van der Waals surface area contributed by atoms with Gasteiger partial charge >= 0.3 is 0 Å². The number of phenols is 1. The summed E-state index contributed by atoms with van der Waals surface area (Å²) in [6.07, 6.45) is 5.19. The van der Waals surface area contributed by atoms with Crippen molar-refractivity contribution in [3.8, 4) is 45.7 Å². The summed E-state index contributed by atoms with van der Waals surface area (Å²) in [7, 11) is 1.49. The molecule has 7 nitrogen and oxygen atoms in total. The SMILES string of the molecule is COc1ccc(-c2c(OCC3CCC3)cc(N3CCC(N)CC3)nc2-c2ccc(C#N)c(F)c2)cc1O.Cl. The Morgan fingerprint density at radius 1 is 1.08 bits per heavy atom. The molecule has 0 amide bonds. The number of methoxy groups -OCH3 is 1. The van der Waals surface area contributed by atoms with E-state index in [0.29, 0.717) is 46.4 Å². The third kappa shape index (κ3) is 5.64. The van der Waals surface area contributed by atoms with Crippen molar-refractivity contribution in [1.82, 2.24) is 4.98 Å². The molecule has 0 radical (unpaired) electrons. The average molecular weight is 539 g/mol. The lowest BCUT2D eigenvalue weighted by molar-refractivity contribution is 0.181. The third-order valence-corrected chi connectivity index (χ3v) is 7.36. The summed E-state index contributed by atoms with van der Waals surface area (Å²) < 4.78 is 26.4. The van der Waals surface area contributed by atoms with E-state index in [1.165, 1.54) is 25.7 Å². The molecule has 1 aliphatic carbocycles. The number of benzene rings is 2. The van der Waals surface area contributed by atoms with Crippen LogP contribution in [0.5, 0.6) is 17.2 Å². The lowest BCUT2D eigenvalue weighted by Gasteiger charge is -2.32. The molecule has 1 saturated carbocycles. The van der Waals surface area contributed by atoms with Crippen molar-refractivity contribution in [3.63, 3.8) is 0 Å². The molecule has 0 atom stereocenters. The van der Waals surface area contributed by atoms with Crippen molar-refractivity contribution in [2.24, 2.45) is 11.7 Å². The number of hydrogen-bond acceptors (Lipinski definition) is 7. The predicted octanol–water partition coefficient (Wildman–Crippen LogP) is 5.67. The number of hydrogen-bond donors (Lipinski definition) is 2. The largest absolute Gasteiger partial charge is 0.504 e. The molecule has 3 N–H and O–H groups in total. The van der Waals surface area contributed by atoms with Gasteiger partial charge in [0.1, 0.15) is 23.5 Å². The van der Waals surface area contributed by atoms with Crippen LogP contribution in [0.1, 0.15) is 37.7 Å². The Labute approximate surface area is 228 Å². The van der Waals surface area contributed by atoms with E-state index < -0.39 is 5.82 Å². The molecule has 1 aromatic heterocycles. The van der Waals surface area contributed by atoms with Gasteiger partial charge in [-0.2, -0.15) is 5.26 Å². The summed E-state index contributed by atoms with van der Waals surface area (Å²) in [4.78, 5) is 7.18. The number of anilines is 1. The second kappa shape index (κ2) is 11.9. The minimum absolute atomic E-state index is 0. The molecule has 9 heteroatoms. The zero-order valence-electron chi connectivity index (χ0n) is 21.3. The van der Waals surface area contributed by atoms with Crippen molar-refractivity contribution in [3.05, 3.63) is 53.8 Å². The van der Waals surface area contributed by atoms with Crippen LogP contribution in [-0.4, -0.2) is 42.9 Å². The molecular weight excluding hydrogens is 507 g/mol. The molecule has 0 unspecified atom stereocenters. The number of aromatic hydroxyl groups is 1. The van der Waals surface area contributed by atoms with Crippen molar-refractivity contribution in [1.29, 1.82) is 5.26 Å². The van der Waals surface area contributed by atoms with E-state index in [0.717, 1.165) is 44.6 Å². The monoisotopic (exact) mass is 538 g/mol. The highest BCUT2D eigenvalue weighted by molar-refractivity contribution is 5.88. The molecule has 5 rings (SSSR count). The van der Waals surface area contributed by atoms with E-state index in [4.69, 9.17) is 20.2 Å². The van der Waals surface area contributed by atoms with Gasteiger partial charge in [-0.05, 0) is 61.4 Å². The quantitative estimate of drug-likeness (QED) is 0.399. The Morgan fingerprint density at radius 3 is 2.42 bits per heavy atom. The van der Waals surface area contributed by atoms with Crippen LogP contribution in [-0.2, 0) is 0 Å². The number of nitrogens with two attached hydrogens (primary N) is 1. The summed E-state index contributed by atoms with van der Waals surface area (Å²) in [6, 6.07) is 13.6. The standard InChI is InChI=1S/C29H31FN4O3.ClH/c1-36-25-8-7-19(14-24(25)35)28-26(37-17-18-3-2-4-18)15-27(34-11-9-22(32)10-12-34)33-29(28)20-5-6-21(16-31)23(30)13-20;/h5-8,13-15,18,22,35H,2-4,9-12,17,32H2,1H3;1H. The van der Waals surface area contributed by atoms with Gasteiger partial charge in [-0.1, -0.05) is 18.6 Å². The lowest BCUT2D eigenvalue weighted by atomic mass is 9.86. The minimum atomic E-state index is -0.614. The van der Waals surface area contributed by atoms with Crippen LogP contribution in [0.3, 0.4) is 0 Å². The fourth-order valence-electron chi connectivity index (χ4n) is 4.87. The Kier molecular flexibility index (Phi) is 8.60. The van der Waals surface area contributed by atoms with Gasteiger partial charge in [-0.3, -0.25) is 0 Å². The Bertz CT molecular complexity index is 1330. The van der Waals surface area contributed by atoms with Crippen LogP contribution in [0.15, 0.2) is 42.5 Å². The van der Waals surface area contributed by atoms with Gasteiger partial charge in [-0.25, -0.2) is 9.37 Å². The normalized spacial score (nSPS) is 15.8. The van der Waals surface area contributed by atoms with Gasteiger partial charge in [0.2, 0.25) is 0 Å². The first-order chi connectivity index (χ1) is 18.0. The van der Waals surface area contributed by atoms with Gasteiger partial charge in [0, 0.05) is 30.8 Å². The maximum Gasteiger partial charge on any atom is 0.160 e. The zero-order chi connectivity index (χ0) is 25.9. The summed E-state index contributed by atoms with van der Waals surface area (Å²) >= 11 is 0. The number of nitrogens with zero attached hydrogens (tertiary/aromatic N) is 3. The van der Waals surface area contributed by atoms with E-state index in [1.54, 1.807) is 18.2 Å². The molecule has 2 fully saturated rings. The molecule has 2 aliphatic rings. The van der Waals surface area contributed by atoms with Crippen molar-refractivity contribution in [2.45, 2.75) is 38.1 Å². The lowest BCUT2D eigenvalue weighted by Crippen LogP contribution is -2.40. The topological polar surface area (TPSA) is 105 Å². The Morgan fingerprint density at radius 2 is 1.82 bits per heavy atom. The summed E-state index contributed by atoms with van der Waals surface area (Å²) in [5.41, 5.74) is 8.46. The predicted molar refractivity (Wildman–Crippen MR) is 148 cm³/mol. The number of halogens is 2. The minimum Gasteiger partial charge on any atom is -0.504 e. The first kappa shape index (κ1) is 27.5. The first-order valence-electron chi connectivity index (χ1n) is 12.7. The fraction of sp³-hybridized carbons (Fsp3) is 0.379. The first-order valence-corrected chi connectivity index (χ1v) is 12.7. The number of ether oxygens (including phenoxy) is 2. The fourth-order valence-corrected chi connectivity index (χ4v) is 4.87. The number of phenolic OH excluding ortho intramolecular Hbond substituents is 1. The molecule has 1 saturated heterocycles. The van der Waals surface area contributed by atoms with Gasteiger partial charge in [-0.15, -0.1) is 12.4 Å². The molecule has 0 bridgehead atoms. The van der Waals surface area contributed by atoms with Crippen molar-refractivity contribution >= 4 is 18.2 Å². The molecule has 2 aromatic carbocycles. The van der Waals surface area contributed by atoms with Gasteiger partial charge < -0.3 is 25.2 Å².